The maximum absolute atomic E-state index is 9.84. The second-order valence-corrected chi connectivity index (χ2v) is 3.96. The summed E-state index contributed by atoms with van der Waals surface area (Å²) in [6.45, 7) is 2.10. The minimum Gasteiger partial charge on any atom is -0.495 e. The maximum Gasteiger partial charge on any atom is 0.137 e. The molecule has 0 aliphatic rings. The van der Waals surface area contributed by atoms with Gasteiger partial charge in [-0.2, -0.15) is 0 Å². The summed E-state index contributed by atoms with van der Waals surface area (Å²) in [5, 5.41) is 10.4. The zero-order valence-electron chi connectivity index (χ0n) is 9.16. The van der Waals surface area contributed by atoms with Crippen molar-refractivity contribution < 1.29 is 9.84 Å². The number of methoxy groups -OCH3 is 1. The van der Waals surface area contributed by atoms with Crippen LogP contribution in [0.3, 0.4) is 0 Å². The molecule has 0 bridgehead atoms. The lowest BCUT2D eigenvalue weighted by atomic mass is 10.0. The molecule has 1 N–H and O–H groups in total. The molecule has 2 nitrogen and oxygen atoms in total. The Morgan fingerprint density at radius 3 is 2.73 bits per heavy atom. The Bertz CT molecular complexity index is 312. The van der Waals surface area contributed by atoms with E-state index in [4.69, 9.17) is 16.3 Å². The third-order valence-corrected chi connectivity index (χ3v) is 2.69. The van der Waals surface area contributed by atoms with Gasteiger partial charge in [0.1, 0.15) is 5.75 Å². The van der Waals surface area contributed by atoms with Gasteiger partial charge < -0.3 is 9.84 Å². The fraction of sp³-hybridized carbons (Fsp3) is 0.500. The van der Waals surface area contributed by atoms with E-state index >= 15 is 0 Å². The molecule has 3 heteroatoms. The Morgan fingerprint density at radius 2 is 2.20 bits per heavy atom. The molecular formula is C12H17ClO2. The van der Waals surface area contributed by atoms with E-state index in [0.29, 0.717) is 10.8 Å². The molecule has 15 heavy (non-hydrogen) atoms. The van der Waals surface area contributed by atoms with Crippen molar-refractivity contribution in [3.63, 3.8) is 0 Å². The summed E-state index contributed by atoms with van der Waals surface area (Å²) in [6, 6.07) is 5.40. The number of halogens is 1. The Kier molecular flexibility index (Phi) is 4.92. The fourth-order valence-electron chi connectivity index (χ4n) is 1.45. The van der Waals surface area contributed by atoms with Crippen LogP contribution in [-0.2, 0) is 0 Å². The number of aliphatic hydroxyl groups is 1. The van der Waals surface area contributed by atoms with E-state index in [9.17, 15) is 5.11 Å². The van der Waals surface area contributed by atoms with Crippen LogP contribution >= 0.6 is 11.6 Å². The molecule has 0 aromatic heterocycles. The first kappa shape index (κ1) is 12.3. The molecule has 1 aromatic rings. The van der Waals surface area contributed by atoms with Crippen LogP contribution in [0.2, 0.25) is 5.02 Å². The van der Waals surface area contributed by atoms with E-state index in [1.165, 1.54) is 0 Å². The number of aliphatic hydroxyl groups excluding tert-OH is 1. The molecule has 0 saturated heterocycles. The lowest BCUT2D eigenvalue weighted by molar-refractivity contribution is 0.164. The largest absolute Gasteiger partial charge is 0.495 e. The molecule has 0 saturated carbocycles. The standard InChI is InChI=1S/C12H17ClO2/c1-3-4-5-11(14)9-6-7-12(15-2)10(13)8-9/h6-8,11,14H,3-5H2,1-2H3. The average Bonchev–Trinajstić information content (AvgIpc) is 2.25. The molecular weight excluding hydrogens is 212 g/mol. The van der Waals surface area contributed by atoms with Gasteiger partial charge in [0.05, 0.1) is 18.2 Å². The van der Waals surface area contributed by atoms with Crippen LogP contribution in [0, 0.1) is 0 Å². The van der Waals surface area contributed by atoms with Crippen LogP contribution in [0.15, 0.2) is 18.2 Å². The molecule has 1 rings (SSSR count). The van der Waals surface area contributed by atoms with Crippen molar-refractivity contribution in [2.45, 2.75) is 32.3 Å². The molecule has 1 atom stereocenters. The topological polar surface area (TPSA) is 29.5 Å². The van der Waals surface area contributed by atoms with E-state index in [0.717, 1.165) is 24.8 Å². The SMILES string of the molecule is CCCCC(O)c1ccc(OC)c(Cl)c1. The summed E-state index contributed by atoms with van der Waals surface area (Å²) in [5.41, 5.74) is 0.856. The van der Waals surface area contributed by atoms with Crippen molar-refractivity contribution in [2.24, 2.45) is 0 Å². The highest BCUT2D eigenvalue weighted by Gasteiger charge is 2.09. The first-order chi connectivity index (χ1) is 7.19. The van der Waals surface area contributed by atoms with Crippen LogP contribution < -0.4 is 4.74 Å². The number of rotatable bonds is 5. The van der Waals surface area contributed by atoms with Crippen LogP contribution in [0.1, 0.15) is 37.9 Å². The second-order valence-electron chi connectivity index (χ2n) is 3.55. The lowest BCUT2D eigenvalue weighted by Crippen LogP contribution is -1.97. The molecule has 84 valence electrons. The molecule has 0 amide bonds. The fourth-order valence-corrected chi connectivity index (χ4v) is 1.72. The molecule has 1 unspecified atom stereocenters. The van der Waals surface area contributed by atoms with Crippen molar-refractivity contribution in [3.05, 3.63) is 28.8 Å². The minimum absolute atomic E-state index is 0.423. The number of benzene rings is 1. The highest BCUT2D eigenvalue weighted by molar-refractivity contribution is 6.32. The Hall–Kier alpha value is -0.730. The summed E-state index contributed by atoms with van der Waals surface area (Å²) in [5.74, 6) is 0.642. The summed E-state index contributed by atoms with van der Waals surface area (Å²) < 4.78 is 5.05. The van der Waals surface area contributed by atoms with E-state index in [1.54, 1.807) is 19.2 Å². The molecule has 0 fully saturated rings. The smallest absolute Gasteiger partial charge is 0.137 e. The molecule has 0 radical (unpaired) electrons. The Balaban J connectivity index is 2.73. The van der Waals surface area contributed by atoms with Gasteiger partial charge in [-0.25, -0.2) is 0 Å². The predicted octanol–water partition coefficient (Wildman–Crippen LogP) is 3.57. The monoisotopic (exact) mass is 228 g/mol. The third-order valence-electron chi connectivity index (χ3n) is 2.39. The zero-order valence-corrected chi connectivity index (χ0v) is 9.92. The van der Waals surface area contributed by atoms with Crippen LogP contribution in [-0.4, -0.2) is 12.2 Å². The van der Waals surface area contributed by atoms with E-state index in [1.807, 2.05) is 6.07 Å². The predicted molar refractivity (Wildman–Crippen MR) is 62.5 cm³/mol. The van der Waals surface area contributed by atoms with Crippen molar-refractivity contribution in [2.75, 3.05) is 7.11 Å². The van der Waals surface area contributed by atoms with Crippen LogP contribution in [0.5, 0.6) is 5.75 Å². The first-order valence-corrected chi connectivity index (χ1v) is 5.58. The highest BCUT2D eigenvalue weighted by atomic mass is 35.5. The highest BCUT2D eigenvalue weighted by Crippen LogP contribution is 2.29. The molecule has 0 spiro atoms. The number of hydrogen-bond acceptors (Lipinski definition) is 2. The number of unbranched alkanes of at least 4 members (excludes halogenated alkanes) is 1. The van der Waals surface area contributed by atoms with Gasteiger partial charge in [0.15, 0.2) is 0 Å². The van der Waals surface area contributed by atoms with E-state index in [-0.39, 0.29) is 0 Å². The van der Waals surface area contributed by atoms with Crippen LogP contribution in [0.25, 0.3) is 0 Å². The van der Waals surface area contributed by atoms with Gasteiger partial charge >= 0.3 is 0 Å². The lowest BCUT2D eigenvalue weighted by Gasteiger charge is -2.12. The van der Waals surface area contributed by atoms with Gasteiger partial charge in [-0.05, 0) is 24.1 Å². The van der Waals surface area contributed by atoms with Gasteiger partial charge in [-0.3, -0.25) is 0 Å². The second kappa shape index (κ2) is 5.99. The number of ether oxygens (including phenoxy) is 1. The third kappa shape index (κ3) is 3.40. The summed E-state index contributed by atoms with van der Waals surface area (Å²) in [6.07, 6.45) is 2.46. The quantitative estimate of drug-likeness (QED) is 0.835. The van der Waals surface area contributed by atoms with Gasteiger partial charge in [-0.1, -0.05) is 37.4 Å². The average molecular weight is 229 g/mol. The minimum atomic E-state index is -0.423. The van der Waals surface area contributed by atoms with Gasteiger partial charge in [0.25, 0.3) is 0 Å². The first-order valence-electron chi connectivity index (χ1n) is 5.20. The van der Waals surface area contributed by atoms with Crippen LogP contribution in [0.4, 0.5) is 0 Å². The van der Waals surface area contributed by atoms with Gasteiger partial charge in [-0.15, -0.1) is 0 Å². The summed E-state index contributed by atoms with van der Waals surface area (Å²) in [4.78, 5) is 0. The Morgan fingerprint density at radius 1 is 1.47 bits per heavy atom. The van der Waals surface area contributed by atoms with Crippen molar-refractivity contribution in [1.29, 1.82) is 0 Å². The van der Waals surface area contributed by atoms with Crippen molar-refractivity contribution >= 4 is 11.6 Å². The van der Waals surface area contributed by atoms with Crippen molar-refractivity contribution in [1.82, 2.24) is 0 Å². The maximum atomic E-state index is 9.84. The van der Waals surface area contributed by atoms with E-state index < -0.39 is 6.10 Å². The zero-order chi connectivity index (χ0) is 11.3. The molecule has 0 aliphatic heterocycles. The van der Waals surface area contributed by atoms with Crippen molar-refractivity contribution in [3.8, 4) is 5.75 Å². The number of hydrogen-bond donors (Lipinski definition) is 1. The molecule has 1 aromatic carbocycles. The molecule has 0 aliphatic carbocycles. The summed E-state index contributed by atoms with van der Waals surface area (Å²) >= 11 is 5.97. The molecule has 0 heterocycles. The normalized spacial score (nSPS) is 12.5. The van der Waals surface area contributed by atoms with E-state index in [2.05, 4.69) is 6.92 Å². The van der Waals surface area contributed by atoms with Gasteiger partial charge in [0.2, 0.25) is 0 Å². The Labute approximate surface area is 95.8 Å². The summed E-state index contributed by atoms with van der Waals surface area (Å²) in [7, 11) is 1.58. The van der Waals surface area contributed by atoms with Gasteiger partial charge in [0, 0.05) is 0 Å².